The van der Waals surface area contributed by atoms with Gasteiger partial charge in [-0.2, -0.15) is 13.8 Å². The summed E-state index contributed by atoms with van der Waals surface area (Å²) >= 11 is 0. The molecule has 19 heavy (non-hydrogen) atoms. The molecular weight excluding hydrogens is 276 g/mol. The van der Waals surface area contributed by atoms with Crippen LogP contribution in [0.4, 0.5) is 29.1 Å². The molecule has 0 unspecified atom stereocenters. The molecule has 1 rings (SSSR count). The van der Waals surface area contributed by atoms with Crippen LogP contribution < -0.4 is 10.1 Å². The van der Waals surface area contributed by atoms with Gasteiger partial charge in [-0.1, -0.05) is 0 Å². The molecule has 0 saturated heterocycles. The number of anilines is 1. The number of hydrogen-bond acceptors (Lipinski definition) is 6. The van der Waals surface area contributed by atoms with Gasteiger partial charge in [-0.15, -0.1) is 0 Å². The zero-order valence-electron chi connectivity index (χ0n) is 9.44. The Morgan fingerprint density at radius 3 is 2.63 bits per heavy atom. The highest BCUT2D eigenvalue weighted by atomic mass is 19.3. The lowest BCUT2D eigenvalue weighted by molar-refractivity contribution is -0.385. The second-order valence-electron chi connectivity index (χ2n) is 3.25. The molecule has 1 aromatic rings. The zero-order valence-corrected chi connectivity index (χ0v) is 9.44. The van der Waals surface area contributed by atoms with Crippen LogP contribution in [0.15, 0.2) is 6.33 Å². The number of nitro groups is 1. The van der Waals surface area contributed by atoms with E-state index in [4.69, 9.17) is 0 Å². The number of aromatic nitrogens is 2. The third-order valence-corrected chi connectivity index (χ3v) is 1.98. The predicted octanol–water partition coefficient (Wildman–Crippen LogP) is 1.71. The van der Waals surface area contributed by atoms with Gasteiger partial charge in [0, 0.05) is 0 Å². The van der Waals surface area contributed by atoms with Crippen molar-refractivity contribution in [1.82, 2.24) is 9.97 Å². The van der Waals surface area contributed by atoms with Crippen molar-refractivity contribution in [2.75, 3.05) is 19.0 Å². The smallest absolute Gasteiger partial charge is 0.372 e. The Morgan fingerprint density at radius 1 is 1.53 bits per heavy atom. The lowest BCUT2D eigenvalue weighted by Gasteiger charge is -2.16. The van der Waals surface area contributed by atoms with Crippen molar-refractivity contribution in [2.24, 2.45) is 0 Å². The van der Waals surface area contributed by atoms with Crippen LogP contribution >= 0.6 is 0 Å². The maximum atomic E-state index is 12.7. The number of nitrogens with one attached hydrogen (secondary N) is 1. The highest BCUT2D eigenvalue weighted by molar-refractivity contribution is 5.61. The van der Waals surface area contributed by atoms with E-state index in [-0.39, 0.29) is 0 Å². The molecule has 1 heterocycles. The number of alkyl halides is 4. The Bertz CT molecular complexity index is 471. The maximum Gasteiger partial charge on any atom is 0.372 e. The highest BCUT2D eigenvalue weighted by Crippen LogP contribution is 2.31. The fourth-order valence-electron chi connectivity index (χ4n) is 1.08. The number of methoxy groups -OCH3 is 1. The summed E-state index contributed by atoms with van der Waals surface area (Å²) in [6.07, 6.45) is -3.09. The minimum absolute atomic E-state index is 0.470. The summed E-state index contributed by atoms with van der Waals surface area (Å²) in [5.41, 5.74) is -0.810. The molecule has 0 atom stereocenters. The topological polar surface area (TPSA) is 90.2 Å². The Morgan fingerprint density at radius 2 is 2.16 bits per heavy atom. The van der Waals surface area contributed by atoms with Crippen LogP contribution in [0.5, 0.6) is 5.88 Å². The summed E-state index contributed by atoms with van der Waals surface area (Å²) in [6, 6.07) is 0. The van der Waals surface area contributed by atoms with Gasteiger partial charge in [0.25, 0.3) is 5.88 Å². The predicted molar refractivity (Wildman–Crippen MR) is 54.7 cm³/mol. The van der Waals surface area contributed by atoms with Crippen molar-refractivity contribution < 1.29 is 27.2 Å². The number of rotatable bonds is 6. The molecule has 0 amide bonds. The van der Waals surface area contributed by atoms with E-state index < -0.39 is 41.2 Å². The van der Waals surface area contributed by atoms with Crippen LogP contribution in [-0.4, -0.2) is 40.9 Å². The molecule has 0 spiro atoms. The molecule has 0 aliphatic heterocycles. The first-order chi connectivity index (χ1) is 8.79. The van der Waals surface area contributed by atoms with Crippen molar-refractivity contribution in [3.63, 3.8) is 0 Å². The van der Waals surface area contributed by atoms with Gasteiger partial charge in [0.15, 0.2) is 0 Å². The summed E-state index contributed by atoms with van der Waals surface area (Å²) in [5, 5.41) is 12.5. The molecular formula is C8H8F4N4O3. The largest absolute Gasteiger partial charge is 0.476 e. The third-order valence-electron chi connectivity index (χ3n) is 1.98. The van der Waals surface area contributed by atoms with Gasteiger partial charge in [0.2, 0.25) is 5.82 Å². The summed E-state index contributed by atoms with van der Waals surface area (Å²) < 4.78 is 53.8. The number of nitrogens with zero attached hydrogens (tertiary/aromatic N) is 3. The number of hydrogen-bond donors (Lipinski definition) is 1. The lowest BCUT2D eigenvalue weighted by Crippen LogP contribution is -2.35. The van der Waals surface area contributed by atoms with Crippen LogP contribution in [0.25, 0.3) is 0 Å². The van der Waals surface area contributed by atoms with E-state index in [0.29, 0.717) is 0 Å². The van der Waals surface area contributed by atoms with Gasteiger partial charge in [0.05, 0.1) is 18.6 Å². The van der Waals surface area contributed by atoms with Gasteiger partial charge in [-0.3, -0.25) is 10.1 Å². The molecule has 0 aliphatic carbocycles. The Kier molecular flexibility index (Phi) is 4.40. The van der Waals surface area contributed by atoms with Crippen molar-refractivity contribution in [2.45, 2.75) is 12.3 Å². The van der Waals surface area contributed by atoms with Gasteiger partial charge >= 0.3 is 18.0 Å². The Hall–Kier alpha value is -2.20. The van der Waals surface area contributed by atoms with E-state index in [9.17, 15) is 27.7 Å². The molecule has 0 radical (unpaired) electrons. The minimum atomic E-state index is -4.34. The second kappa shape index (κ2) is 5.63. The first-order valence-electron chi connectivity index (χ1n) is 4.72. The quantitative estimate of drug-likeness (QED) is 0.486. The normalized spacial score (nSPS) is 11.5. The minimum Gasteiger partial charge on any atom is -0.476 e. The van der Waals surface area contributed by atoms with Gasteiger partial charge in [-0.05, 0) is 0 Å². The van der Waals surface area contributed by atoms with E-state index in [1.165, 1.54) is 0 Å². The van der Waals surface area contributed by atoms with E-state index >= 15 is 0 Å². The van der Waals surface area contributed by atoms with Crippen molar-refractivity contribution in [3.8, 4) is 5.88 Å². The monoisotopic (exact) mass is 284 g/mol. The first-order valence-corrected chi connectivity index (χ1v) is 4.72. The number of halogens is 4. The molecule has 1 N–H and O–H groups in total. The SMILES string of the molecule is COc1ncnc(NCC(F)(F)C(F)F)c1[N+](=O)[O-]. The van der Waals surface area contributed by atoms with Gasteiger partial charge < -0.3 is 10.1 Å². The average Bonchev–Trinajstić information content (AvgIpc) is 2.35. The molecule has 0 saturated carbocycles. The molecule has 7 nitrogen and oxygen atoms in total. The van der Waals surface area contributed by atoms with Gasteiger partial charge in [0.1, 0.15) is 6.33 Å². The van der Waals surface area contributed by atoms with E-state index in [0.717, 1.165) is 13.4 Å². The van der Waals surface area contributed by atoms with Crippen LogP contribution in [0, 0.1) is 10.1 Å². The van der Waals surface area contributed by atoms with Crippen molar-refractivity contribution >= 4 is 11.5 Å². The van der Waals surface area contributed by atoms with Crippen molar-refractivity contribution in [1.29, 1.82) is 0 Å². The standard InChI is InChI=1S/C8H8F4N4O3/c1-19-6-4(16(17)18)5(14-3-15-6)13-2-8(11,12)7(9)10/h3,7H,2H2,1H3,(H,13,14,15). The van der Waals surface area contributed by atoms with Crippen LogP contribution in [-0.2, 0) is 0 Å². The average molecular weight is 284 g/mol. The summed E-state index contributed by atoms with van der Waals surface area (Å²) in [4.78, 5) is 16.5. The molecule has 1 aromatic heterocycles. The molecule has 0 bridgehead atoms. The molecule has 0 aliphatic rings. The second-order valence-corrected chi connectivity index (χ2v) is 3.25. The van der Waals surface area contributed by atoms with Gasteiger partial charge in [-0.25, -0.2) is 13.8 Å². The van der Waals surface area contributed by atoms with Crippen molar-refractivity contribution in [3.05, 3.63) is 16.4 Å². The lowest BCUT2D eigenvalue weighted by atomic mass is 10.3. The molecule has 106 valence electrons. The Labute approximate surface area is 103 Å². The summed E-state index contributed by atoms with van der Waals surface area (Å²) in [7, 11) is 1.08. The first kappa shape index (κ1) is 14.9. The fourth-order valence-corrected chi connectivity index (χ4v) is 1.08. The molecule has 0 fully saturated rings. The summed E-state index contributed by atoms with van der Waals surface area (Å²) in [5.74, 6) is -5.44. The highest BCUT2D eigenvalue weighted by Gasteiger charge is 2.41. The fraction of sp³-hybridized carbons (Fsp3) is 0.500. The number of ether oxygens (including phenoxy) is 1. The maximum absolute atomic E-state index is 12.7. The van der Waals surface area contributed by atoms with E-state index in [1.54, 1.807) is 5.32 Å². The van der Waals surface area contributed by atoms with Crippen LogP contribution in [0.2, 0.25) is 0 Å². The van der Waals surface area contributed by atoms with E-state index in [1.807, 2.05) is 0 Å². The van der Waals surface area contributed by atoms with Crippen LogP contribution in [0.1, 0.15) is 0 Å². The van der Waals surface area contributed by atoms with E-state index in [2.05, 4.69) is 14.7 Å². The molecule has 0 aromatic carbocycles. The molecule has 11 heteroatoms. The zero-order chi connectivity index (χ0) is 14.6. The third kappa shape index (κ3) is 3.39. The van der Waals surface area contributed by atoms with Crippen LogP contribution in [0.3, 0.4) is 0 Å². The Balaban J connectivity index is 2.99. The summed E-state index contributed by atoms with van der Waals surface area (Å²) in [6.45, 7) is -1.51.